The Morgan fingerprint density at radius 2 is 1.65 bits per heavy atom. The monoisotopic (exact) mass is 326 g/mol. The summed E-state index contributed by atoms with van der Waals surface area (Å²) < 4.78 is 29.5. The van der Waals surface area contributed by atoms with Gasteiger partial charge in [-0.2, -0.15) is 4.31 Å². The average Bonchev–Trinajstić information content (AvgIpc) is 2.89. The summed E-state index contributed by atoms with van der Waals surface area (Å²) in [6.45, 7) is 0.961. The number of para-hydroxylation sites is 1. The third-order valence-corrected chi connectivity index (χ3v) is 6.52. The molecule has 1 aromatic heterocycles. The van der Waals surface area contributed by atoms with E-state index in [-0.39, 0.29) is 0 Å². The minimum Gasteiger partial charge on any atom is -0.347 e. The van der Waals surface area contributed by atoms with Crippen molar-refractivity contribution in [3.63, 3.8) is 0 Å². The minimum absolute atomic E-state index is 0.365. The zero-order valence-electron chi connectivity index (χ0n) is 12.9. The van der Waals surface area contributed by atoms with Gasteiger partial charge in [-0.25, -0.2) is 8.42 Å². The zero-order chi connectivity index (χ0) is 16.0. The molecule has 2 heterocycles. The molecule has 118 valence electrons. The van der Waals surface area contributed by atoms with Gasteiger partial charge in [-0.15, -0.1) is 0 Å². The van der Waals surface area contributed by atoms with Gasteiger partial charge in [-0.05, 0) is 23.8 Å². The standard InChI is InChI=1S/C18H18N2O2S/c1-19-17-10-6-5-9-15(17)16-13-20(12-11-18(16)19)23(21,22)14-7-3-2-4-8-14/h2-10H,11-13H2,1H3. The van der Waals surface area contributed by atoms with E-state index in [2.05, 4.69) is 23.7 Å². The molecule has 0 amide bonds. The van der Waals surface area contributed by atoms with E-state index in [4.69, 9.17) is 0 Å². The van der Waals surface area contributed by atoms with Crippen molar-refractivity contribution in [1.82, 2.24) is 8.87 Å². The van der Waals surface area contributed by atoms with Crippen LogP contribution in [-0.2, 0) is 30.0 Å². The van der Waals surface area contributed by atoms with Gasteiger partial charge in [0.05, 0.1) is 4.90 Å². The SMILES string of the molecule is Cn1c2c(c3ccccc31)CN(S(=O)(=O)c1ccccc1)CC2. The molecule has 0 N–H and O–H groups in total. The van der Waals surface area contributed by atoms with Crippen LogP contribution in [-0.4, -0.2) is 23.8 Å². The van der Waals surface area contributed by atoms with Crippen molar-refractivity contribution in [2.45, 2.75) is 17.9 Å². The minimum atomic E-state index is -3.44. The van der Waals surface area contributed by atoms with Crippen LogP contribution in [0.15, 0.2) is 59.5 Å². The molecular weight excluding hydrogens is 308 g/mol. The molecule has 0 saturated heterocycles. The fourth-order valence-corrected chi connectivity index (χ4v) is 4.88. The van der Waals surface area contributed by atoms with Crippen molar-refractivity contribution < 1.29 is 8.42 Å². The first-order valence-corrected chi connectivity index (χ1v) is 9.13. The van der Waals surface area contributed by atoms with Crippen molar-refractivity contribution in [3.05, 3.63) is 65.9 Å². The lowest BCUT2D eigenvalue weighted by Crippen LogP contribution is -2.36. The van der Waals surface area contributed by atoms with E-state index in [1.165, 1.54) is 5.69 Å². The second-order valence-electron chi connectivity index (χ2n) is 5.90. The molecule has 23 heavy (non-hydrogen) atoms. The van der Waals surface area contributed by atoms with Crippen LogP contribution >= 0.6 is 0 Å². The average molecular weight is 326 g/mol. The number of hydrogen-bond donors (Lipinski definition) is 0. The summed E-state index contributed by atoms with van der Waals surface area (Å²) in [7, 11) is -1.38. The molecule has 2 aromatic carbocycles. The van der Waals surface area contributed by atoms with Crippen LogP contribution in [0.1, 0.15) is 11.3 Å². The Morgan fingerprint density at radius 1 is 0.957 bits per heavy atom. The van der Waals surface area contributed by atoms with E-state index in [0.717, 1.165) is 22.9 Å². The van der Waals surface area contributed by atoms with Crippen LogP contribution in [0.4, 0.5) is 0 Å². The maximum Gasteiger partial charge on any atom is 0.243 e. The first kappa shape index (κ1) is 14.5. The lowest BCUT2D eigenvalue weighted by Gasteiger charge is -2.27. The Balaban J connectivity index is 1.79. The lowest BCUT2D eigenvalue weighted by molar-refractivity contribution is 0.388. The molecule has 0 unspecified atom stereocenters. The molecular formula is C18H18N2O2S. The zero-order valence-corrected chi connectivity index (χ0v) is 13.8. The maximum absolute atomic E-state index is 12.9. The fourth-order valence-electron chi connectivity index (χ4n) is 3.45. The molecule has 4 nitrogen and oxygen atoms in total. The summed E-state index contributed by atoms with van der Waals surface area (Å²) in [5.41, 5.74) is 3.54. The van der Waals surface area contributed by atoms with Gasteiger partial charge in [0.1, 0.15) is 0 Å². The summed E-state index contributed by atoms with van der Waals surface area (Å²) in [4.78, 5) is 0.365. The number of rotatable bonds is 2. The molecule has 1 aliphatic heterocycles. The number of aryl methyl sites for hydroxylation is 1. The highest BCUT2D eigenvalue weighted by Gasteiger charge is 2.30. The Bertz CT molecular complexity index is 975. The first-order chi connectivity index (χ1) is 11.1. The number of hydrogen-bond acceptors (Lipinski definition) is 2. The van der Waals surface area contributed by atoms with Gasteiger partial charge in [0, 0.05) is 43.2 Å². The molecule has 0 saturated carbocycles. The van der Waals surface area contributed by atoms with Crippen LogP contribution in [0.25, 0.3) is 10.9 Å². The smallest absolute Gasteiger partial charge is 0.243 e. The van der Waals surface area contributed by atoms with E-state index >= 15 is 0 Å². The molecule has 0 spiro atoms. The first-order valence-electron chi connectivity index (χ1n) is 7.69. The Morgan fingerprint density at radius 3 is 2.43 bits per heavy atom. The second kappa shape index (κ2) is 5.22. The molecule has 0 aliphatic carbocycles. The van der Waals surface area contributed by atoms with Gasteiger partial charge < -0.3 is 4.57 Å². The summed E-state index contributed by atoms with van der Waals surface area (Å²) in [6.07, 6.45) is 0.743. The van der Waals surface area contributed by atoms with Crippen molar-refractivity contribution in [1.29, 1.82) is 0 Å². The van der Waals surface area contributed by atoms with Gasteiger partial charge in [0.25, 0.3) is 0 Å². The van der Waals surface area contributed by atoms with Crippen LogP contribution in [0, 0.1) is 0 Å². The van der Waals surface area contributed by atoms with E-state index in [1.54, 1.807) is 28.6 Å². The van der Waals surface area contributed by atoms with E-state index in [0.29, 0.717) is 18.0 Å². The second-order valence-corrected chi connectivity index (χ2v) is 7.84. The topological polar surface area (TPSA) is 42.3 Å². The van der Waals surface area contributed by atoms with Crippen molar-refractivity contribution in [2.24, 2.45) is 7.05 Å². The van der Waals surface area contributed by atoms with Gasteiger partial charge in [0.2, 0.25) is 10.0 Å². The summed E-state index contributed by atoms with van der Waals surface area (Å²) in [6, 6.07) is 16.9. The largest absolute Gasteiger partial charge is 0.347 e. The summed E-state index contributed by atoms with van der Waals surface area (Å²) in [5.74, 6) is 0. The van der Waals surface area contributed by atoms with Crippen molar-refractivity contribution in [3.8, 4) is 0 Å². The normalized spacial score (nSPS) is 15.7. The summed E-state index contributed by atoms with van der Waals surface area (Å²) in [5, 5.41) is 1.15. The molecule has 1 aliphatic rings. The third kappa shape index (κ3) is 2.19. The molecule has 0 radical (unpaired) electrons. The van der Waals surface area contributed by atoms with E-state index < -0.39 is 10.0 Å². The molecule has 0 atom stereocenters. The van der Waals surface area contributed by atoms with Gasteiger partial charge in [-0.1, -0.05) is 36.4 Å². The number of sulfonamides is 1. The highest BCUT2D eigenvalue weighted by atomic mass is 32.2. The molecule has 4 rings (SSSR count). The van der Waals surface area contributed by atoms with Crippen LogP contribution < -0.4 is 0 Å². The van der Waals surface area contributed by atoms with Crippen molar-refractivity contribution >= 4 is 20.9 Å². The van der Waals surface area contributed by atoms with E-state index in [9.17, 15) is 8.42 Å². The maximum atomic E-state index is 12.9. The fraction of sp³-hybridized carbons (Fsp3) is 0.222. The predicted octanol–water partition coefficient (Wildman–Crippen LogP) is 2.93. The van der Waals surface area contributed by atoms with Gasteiger partial charge in [-0.3, -0.25) is 0 Å². The number of aromatic nitrogens is 1. The van der Waals surface area contributed by atoms with Crippen LogP contribution in [0.5, 0.6) is 0 Å². The quantitative estimate of drug-likeness (QED) is 0.727. The molecule has 5 heteroatoms. The highest BCUT2D eigenvalue weighted by molar-refractivity contribution is 7.89. The van der Waals surface area contributed by atoms with Crippen LogP contribution in [0.3, 0.4) is 0 Å². The third-order valence-electron chi connectivity index (χ3n) is 4.66. The van der Waals surface area contributed by atoms with E-state index in [1.807, 2.05) is 18.2 Å². The molecule has 0 bridgehead atoms. The highest BCUT2D eigenvalue weighted by Crippen LogP contribution is 2.32. The Kier molecular flexibility index (Phi) is 3.28. The number of fused-ring (bicyclic) bond motifs is 3. The summed E-state index contributed by atoms with van der Waals surface area (Å²) >= 11 is 0. The molecule has 0 fully saturated rings. The Hall–Kier alpha value is -2.11. The van der Waals surface area contributed by atoms with Gasteiger partial charge in [0.15, 0.2) is 0 Å². The van der Waals surface area contributed by atoms with Crippen LogP contribution in [0.2, 0.25) is 0 Å². The molecule has 3 aromatic rings. The number of nitrogens with zero attached hydrogens (tertiary/aromatic N) is 2. The predicted molar refractivity (Wildman–Crippen MR) is 90.7 cm³/mol. The van der Waals surface area contributed by atoms with Gasteiger partial charge >= 0.3 is 0 Å². The Labute approximate surface area is 136 Å². The number of benzene rings is 2. The van der Waals surface area contributed by atoms with Crippen molar-refractivity contribution in [2.75, 3.05) is 6.54 Å². The lowest BCUT2D eigenvalue weighted by atomic mass is 10.1.